The molecule has 0 heterocycles. The van der Waals surface area contributed by atoms with Crippen LogP contribution in [0.3, 0.4) is 0 Å². The smallest absolute Gasteiger partial charge is 0.307 e. The lowest BCUT2D eigenvalue weighted by atomic mass is 10.0. The van der Waals surface area contributed by atoms with Crippen LogP contribution in [0.25, 0.3) is 0 Å². The molecule has 0 aliphatic rings. The summed E-state index contributed by atoms with van der Waals surface area (Å²) >= 11 is 0. The van der Waals surface area contributed by atoms with Gasteiger partial charge < -0.3 is 15.2 Å². The van der Waals surface area contributed by atoms with Crippen molar-refractivity contribution in [1.82, 2.24) is 0 Å². The van der Waals surface area contributed by atoms with Gasteiger partial charge in [-0.25, -0.2) is 0 Å². The van der Waals surface area contributed by atoms with Crippen LogP contribution < -0.4 is 10.5 Å². The van der Waals surface area contributed by atoms with Crippen molar-refractivity contribution in [3.05, 3.63) is 29.8 Å². The highest BCUT2D eigenvalue weighted by atomic mass is 35.5. The number of rotatable bonds is 6. The van der Waals surface area contributed by atoms with Crippen molar-refractivity contribution >= 4 is 18.4 Å². The number of carbonyl (C=O) groups excluding carboxylic acids is 1. The Hall–Kier alpha value is -1.26. The van der Waals surface area contributed by atoms with Gasteiger partial charge in [0.1, 0.15) is 5.75 Å². The number of halogens is 1. The van der Waals surface area contributed by atoms with Crippen LogP contribution in [0.1, 0.15) is 38.8 Å². The first kappa shape index (κ1) is 17.7. The van der Waals surface area contributed by atoms with Gasteiger partial charge in [0.2, 0.25) is 0 Å². The Morgan fingerprint density at radius 1 is 1.32 bits per heavy atom. The zero-order valence-electron chi connectivity index (χ0n) is 11.6. The third kappa shape index (κ3) is 5.94. The molecule has 0 spiro atoms. The fourth-order valence-electron chi connectivity index (χ4n) is 1.66. The molecule has 1 aromatic rings. The van der Waals surface area contributed by atoms with E-state index < -0.39 is 6.04 Å². The molecule has 0 saturated heterocycles. The predicted molar refractivity (Wildman–Crippen MR) is 77.6 cm³/mol. The fourth-order valence-corrected chi connectivity index (χ4v) is 1.66. The van der Waals surface area contributed by atoms with Crippen LogP contribution in [0.5, 0.6) is 5.75 Å². The van der Waals surface area contributed by atoms with Gasteiger partial charge in [0.15, 0.2) is 0 Å². The number of benzene rings is 1. The number of ether oxygens (including phenoxy) is 2. The van der Waals surface area contributed by atoms with E-state index in [9.17, 15) is 4.79 Å². The number of nitrogens with two attached hydrogens (primary N) is 1. The van der Waals surface area contributed by atoms with E-state index in [1.54, 1.807) is 6.92 Å². The van der Waals surface area contributed by atoms with E-state index in [2.05, 4.69) is 0 Å². The summed E-state index contributed by atoms with van der Waals surface area (Å²) in [5.74, 6) is 0.439. The van der Waals surface area contributed by atoms with Gasteiger partial charge in [-0.3, -0.25) is 4.79 Å². The zero-order chi connectivity index (χ0) is 13.5. The monoisotopic (exact) mass is 287 g/mol. The third-order valence-corrected chi connectivity index (χ3v) is 2.37. The van der Waals surface area contributed by atoms with Crippen molar-refractivity contribution < 1.29 is 14.3 Å². The quantitative estimate of drug-likeness (QED) is 0.817. The molecule has 0 radical (unpaired) electrons. The second-order valence-corrected chi connectivity index (χ2v) is 4.32. The van der Waals surface area contributed by atoms with Crippen LogP contribution in [0.15, 0.2) is 24.3 Å². The van der Waals surface area contributed by atoms with E-state index in [-0.39, 0.29) is 30.9 Å². The average Bonchev–Trinajstić information content (AvgIpc) is 2.28. The topological polar surface area (TPSA) is 61.5 Å². The fraction of sp³-hybridized carbons (Fsp3) is 0.500. The molecule has 19 heavy (non-hydrogen) atoms. The maximum Gasteiger partial charge on any atom is 0.307 e. The first-order valence-corrected chi connectivity index (χ1v) is 6.21. The van der Waals surface area contributed by atoms with Crippen LogP contribution in [0.2, 0.25) is 0 Å². The highest BCUT2D eigenvalue weighted by Gasteiger charge is 2.16. The minimum Gasteiger partial charge on any atom is -0.491 e. The molecule has 0 fully saturated rings. The van der Waals surface area contributed by atoms with Gasteiger partial charge >= 0.3 is 5.97 Å². The number of para-hydroxylation sites is 1. The normalized spacial score (nSPS) is 11.6. The molecule has 0 aliphatic carbocycles. The van der Waals surface area contributed by atoms with Crippen LogP contribution in [-0.4, -0.2) is 18.7 Å². The maximum atomic E-state index is 11.4. The SMILES string of the molecule is CCOC(=O)C[C@H](N)c1ccccc1OC(C)C.Cl. The molecule has 108 valence electrons. The average molecular weight is 288 g/mol. The lowest BCUT2D eigenvalue weighted by molar-refractivity contribution is -0.143. The van der Waals surface area contributed by atoms with Crippen LogP contribution in [-0.2, 0) is 9.53 Å². The minimum atomic E-state index is -0.404. The van der Waals surface area contributed by atoms with Crippen molar-refractivity contribution in [3.8, 4) is 5.75 Å². The molecule has 0 saturated carbocycles. The summed E-state index contributed by atoms with van der Waals surface area (Å²) in [6, 6.07) is 7.10. The molecule has 4 nitrogen and oxygen atoms in total. The molecule has 1 aromatic carbocycles. The van der Waals surface area contributed by atoms with Crippen molar-refractivity contribution in [3.63, 3.8) is 0 Å². The van der Waals surface area contributed by atoms with Gasteiger partial charge in [-0.05, 0) is 26.8 Å². The van der Waals surface area contributed by atoms with E-state index in [1.165, 1.54) is 0 Å². The zero-order valence-corrected chi connectivity index (χ0v) is 12.4. The molecule has 0 aromatic heterocycles. The Balaban J connectivity index is 0.00000324. The molecule has 5 heteroatoms. The number of esters is 1. The van der Waals surface area contributed by atoms with Gasteiger partial charge in [-0.15, -0.1) is 12.4 Å². The molecular formula is C14H22ClNO3. The van der Waals surface area contributed by atoms with E-state index in [0.717, 1.165) is 11.3 Å². The van der Waals surface area contributed by atoms with Gasteiger partial charge in [0, 0.05) is 11.6 Å². The summed E-state index contributed by atoms with van der Waals surface area (Å²) in [4.78, 5) is 11.4. The first-order chi connectivity index (χ1) is 8.54. The first-order valence-electron chi connectivity index (χ1n) is 6.21. The van der Waals surface area contributed by atoms with E-state index in [1.807, 2.05) is 38.1 Å². The Labute approximate surface area is 120 Å². The third-order valence-electron chi connectivity index (χ3n) is 2.37. The number of carbonyl (C=O) groups is 1. The highest BCUT2D eigenvalue weighted by molar-refractivity contribution is 5.85. The van der Waals surface area contributed by atoms with Crippen molar-refractivity contribution in [2.45, 2.75) is 39.3 Å². The Morgan fingerprint density at radius 3 is 2.53 bits per heavy atom. The Morgan fingerprint density at radius 2 is 1.95 bits per heavy atom. The summed E-state index contributed by atoms with van der Waals surface area (Å²) in [5, 5.41) is 0. The molecule has 1 atom stereocenters. The molecule has 0 aliphatic heterocycles. The summed E-state index contributed by atoms with van der Waals surface area (Å²) in [6.45, 7) is 6.05. The van der Waals surface area contributed by atoms with Crippen LogP contribution in [0.4, 0.5) is 0 Å². The standard InChI is InChI=1S/C14H21NO3.ClH/c1-4-17-14(16)9-12(15)11-7-5-6-8-13(11)18-10(2)3;/h5-8,10,12H,4,9,15H2,1-3H3;1H/t12-;/m0./s1. The summed E-state index contributed by atoms with van der Waals surface area (Å²) in [6.07, 6.45) is 0.229. The van der Waals surface area contributed by atoms with Crippen LogP contribution >= 0.6 is 12.4 Å². The summed E-state index contributed by atoms with van der Waals surface area (Å²) in [7, 11) is 0. The largest absolute Gasteiger partial charge is 0.491 e. The molecule has 0 bridgehead atoms. The van der Waals surface area contributed by atoms with Crippen molar-refractivity contribution in [1.29, 1.82) is 0 Å². The molecule has 1 rings (SSSR count). The summed E-state index contributed by atoms with van der Waals surface area (Å²) in [5.41, 5.74) is 6.85. The second-order valence-electron chi connectivity index (χ2n) is 4.32. The minimum absolute atomic E-state index is 0. The maximum absolute atomic E-state index is 11.4. The highest BCUT2D eigenvalue weighted by Crippen LogP contribution is 2.26. The van der Waals surface area contributed by atoms with Gasteiger partial charge in [0.25, 0.3) is 0 Å². The predicted octanol–water partition coefficient (Wildman–Crippen LogP) is 2.85. The molecule has 2 N–H and O–H groups in total. The van der Waals surface area contributed by atoms with Gasteiger partial charge in [-0.1, -0.05) is 18.2 Å². The second kappa shape index (κ2) is 8.77. The van der Waals surface area contributed by atoms with Gasteiger partial charge in [-0.2, -0.15) is 0 Å². The van der Waals surface area contributed by atoms with Gasteiger partial charge in [0.05, 0.1) is 19.1 Å². The summed E-state index contributed by atoms with van der Waals surface area (Å²) < 4.78 is 10.6. The van der Waals surface area contributed by atoms with Crippen molar-refractivity contribution in [2.24, 2.45) is 5.73 Å². The number of hydrogen-bond acceptors (Lipinski definition) is 4. The Kier molecular flexibility index (Phi) is 8.19. The van der Waals surface area contributed by atoms with Crippen LogP contribution in [0, 0.1) is 0 Å². The molecule has 0 amide bonds. The molecule has 0 unspecified atom stereocenters. The molecular weight excluding hydrogens is 266 g/mol. The van der Waals surface area contributed by atoms with E-state index >= 15 is 0 Å². The van der Waals surface area contributed by atoms with E-state index in [4.69, 9.17) is 15.2 Å². The number of hydrogen-bond donors (Lipinski definition) is 1. The van der Waals surface area contributed by atoms with Crippen molar-refractivity contribution in [2.75, 3.05) is 6.61 Å². The Bertz CT molecular complexity index is 396. The lowest BCUT2D eigenvalue weighted by Gasteiger charge is -2.18. The van der Waals surface area contributed by atoms with E-state index in [0.29, 0.717) is 6.61 Å². The lowest BCUT2D eigenvalue weighted by Crippen LogP contribution is -2.19.